The summed E-state index contributed by atoms with van der Waals surface area (Å²) in [5.41, 5.74) is 0. The first-order valence-corrected chi connectivity index (χ1v) is 5.15. The first-order chi connectivity index (χ1) is 6.31. The van der Waals surface area contributed by atoms with E-state index in [2.05, 4.69) is 18.7 Å². The summed E-state index contributed by atoms with van der Waals surface area (Å²) in [7, 11) is 0. The molecular formula is C12H14O. The van der Waals surface area contributed by atoms with Gasteiger partial charge in [-0.1, -0.05) is 18.2 Å². The highest BCUT2D eigenvalue weighted by atomic mass is 16.1. The SMILES string of the molecule is C=C[C@H]1CC(=O)[C@@H]2C3C=CC(C3)[C@@H]21. The molecule has 2 fully saturated rings. The van der Waals surface area contributed by atoms with Crippen LogP contribution in [0.5, 0.6) is 0 Å². The zero-order chi connectivity index (χ0) is 9.00. The van der Waals surface area contributed by atoms with E-state index in [1.807, 2.05) is 6.08 Å². The van der Waals surface area contributed by atoms with Gasteiger partial charge in [0.2, 0.25) is 0 Å². The van der Waals surface area contributed by atoms with Crippen molar-refractivity contribution < 1.29 is 4.79 Å². The predicted octanol–water partition coefficient (Wildman–Crippen LogP) is 2.20. The number of rotatable bonds is 1. The molecule has 2 saturated carbocycles. The second-order valence-corrected chi connectivity index (χ2v) is 4.62. The van der Waals surface area contributed by atoms with E-state index in [-0.39, 0.29) is 0 Å². The molecular weight excluding hydrogens is 160 g/mol. The fraction of sp³-hybridized carbons (Fsp3) is 0.583. The molecule has 2 unspecified atom stereocenters. The molecule has 0 N–H and O–H groups in total. The van der Waals surface area contributed by atoms with E-state index in [0.717, 1.165) is 6.42 Å². The maximum absolute atomic E-state index is 11.7. The van der Waals surface area contributed by atoms with Gasteiger partial charge in [-0.05, 0) is 30.1 Å². The molecule has 0 amide bonds. The lowest BCUT2D eigenvalue weighted by molar-refractivity contribution is -0.121. The topological polar surface area (TPSA) is 17.1 Å². The van der Waals surface area contributed by atoms with Crippen LogP contribution in [-0.2, 0) is 4.79 Å². The Morgan fingerprint density at radius 2 is 2.15 bits per heavy atom. The van der Waals surface area contributed by atoms with Gasteiger partial charge in [0, 0.05) is 12.3 Å². The van der Waals surface area contributed by atoms with E-state index in [1.54, 1.807) is 0 Å². The van der Waals surface area contributed by atoms with Crippen LogP contribution in [0.2, 0.25) is 0 Å². The van der Waals surface area contributed by atoms with Crippen LogP contribution in [-0.4, -0.2) is 5.78 Å². The van der Waals surface area contributed by atoms with Crippen molar-refractivity contribution >= 4 is 5.78 Å². The van der Waals surface area contributed by atoms with E-state index < -0.39 is 0 Å². The van der Waals surface area contributed by atoms with Gasteiger partial charge in [-0.3, -0.25) is 4.79 Å². The van der Waals surface area contributed by atoms with Gasteiger partial charge in [-0.25, -0.2) is 0 Å². The van der Waals surface area contributed by atoms with Gasteiger partial charge in [0.15, 0.2) is 0 Å². The van der Waals surface area contributed by atoms with Crippen LogP contribution in [0.4, 0.5) is 0 Å². The molecule has 0 aromatic heterocycles. The first kappa shape index (κ1) is 7.54. The Kier molecular flexibility index (Phi) is 1.36. The first-order valence-electron chi connectivity index (χ1n) is 5.15. The number of hydrogen-bond donors (Lipinski definition) is 0. The molecule has 13 heavy (non-hydrogen) atoms. The number of Topliss-reactive ketones (excluding diaryl/α,β-unsaturated/α-hetero) is 1. The summed E-state index contributed by atoms with van der Waals surface area (Å²) >= 11 is 0. The van der Waals surface area contributed by atoms with Crippen LogP contribution in [0.3, 0.4) is 0 Å². The summed E-state index contributed by atoms with van der Waals surface area (Å²) in [6, 6.07) is 0. The molecule has 0 aromatic carbocycles. The van der Waals surface area contributed by atoms with Crippen molar-refractivity contribution in [1.29, 1.82) is 0 Å². The van der Waals surface area contributed by atoms with E-state index in [1.165, 1.54) is 6.42 Å². The predicted molar refractivity (Wildman–Crippen MR) is 51.0 cm³/mol. The minimum Gasteiger partial charge on any atom is -0.299 e. The minimum absolute atomic E-state index is 0.359. The van der Waals surface area contributed by atoms with E-state index >= 15 is 0 Å². The van der Waals surface area contributed by atoms with Crippen LogP contribution in [0, 0.1) is 29.6 Å². The monoisotopic (exact) mass is 174 g/mol. The van der Waals surface area contributed by atoms with Gasteiger partial charge in [-0.2, -0.15) is 0 Å². The van der Waals surface area contributed by atoms with Gasteiger partial charge in [0.05, 0.1) is 0 Å². The molecule has 3 aliphatic carbocycles. The highest BCUT2D eigenvalue weighted by Gasteiger charge is 2.54. The number of ketones is 1. The summed E-state index contributed by atoms with van der Waals surface area (Å²) in [4.78, 5) is 11.7. The summed E-state index contributed by atoms with van der Waals surface area (Å²) in [6.07, 6.45) is 8.56. The number of allylic oxidation sites excluding steroid dienone is 3. The number of carbonyl (C=O) groups is 1. The minimum atomic E-state index is 0.359. The Labute approximate surface area is 78.5 Å². The third-order valence-corrected chi connectivity index (χ3v) is 4.13. The van der Waals surface area contributed by atoms with Gasteiger partial charge in [0.1, 0.15) is 5.78 Å². The zero-order valence-electron chi connectivity index (χ0n) is 7.65. The molecule has 3 rings (SSSR count). The van der Waals surface area contributed by atoms with Gasteiger partial charge < -0.3 is 0 Å². The fourth-order valence-corrected chi connectivity index (χ4v) is 3.64. The highest BCUT2D eigenvalue weighted by Crippen LogP contribution is 2.56. The van der Waals surface area contributed by atoms with Crippen LogP contribution in [0.1, 0.15) is 12.8 Å². The quantitative estimate of drug-likeness (QED) is 0.557. The second-order valence-electron chi connectivity index (χ2n) is 4.62. The van der Waals surface area contributed by atoms with Crippen LogP contribution in [0.15, 0.2) is 24.8 Å². The number of hydrogen-bond acceptors (Lipinski definition) is 1. The fourth-order valence-electron chi connectivity index (χ4n) is 3.64. The lowest BCUT2D eigenvalue weighted by Gasteiger charge is -2.22. The maximum atomic E-state index is 11.7. The second kappa shape index (κ2) is 2.34. The van der Waals surface area contributed by atoms with Crippen molar-refractivity contribution in [2.75, 3.05) is 0 Å². The number of fused-ring (bicyclic) bond motifs is 5. The van der Waals surface area contributed by atoms with Crippen LogP contribution in [0.25, 0.3) is 0 Å². The van der Waals surface area contributed by atoms with Crippen molar-refractivity contribution in [3.05, 3.63) is 24.8 Å². The Bertz CT molecular complexity index is 302. The molecule has 68 valence electrons. The third-order valence-electron chi connectivity index (χ3n) is 4.13. The van der Waals surface area contributed by atoms with Crippen molar-refractivity contribution in [2.45, 2.75) is 12.8 Å². The van der Waals surface area contributed by atoms with E-state index in [9.17, 15) is 4.79 Å². The summed E-state index contributed by atoms with van der Waals surface area (Å²) in [5, 5.41) is 0. The molecule has 3 aliphatic rings. The van der Waals surface area contributed by atoms with Crippen molar-refractivity contribution in [3.8, 4) is 0 Å². The highest BCUT2D eigenvalue weighted by molar-refractivity contribution is 5.85. The summed E-state index contributed by atoms with van der Waals surface area (Å²) in [6.45, 7) is 3.84. The Morgan fingerprint density at radius 1 is 1.38 bits per heavy atom. The molecule has 2 bridgehead atoms. The van der Waals surface area contributed by atoms with Crippen molar-refractivity contribution in [2.24, 2.45) is 29.6 Å². The van der Waals surface area contributed by atoms with Crippen molar-refractivity contribution in [3.63, 3.8) is 0 Å². The average molecular weight is 174 g/mol. The summed E-state index contributed by atoms with van der Waals surface area (Å²) in [5.74, 6) is 3.19. The molecule has 1 heteroatoms. The standard InChI is InChI=1S/C12H14O/c1-2-7-6-10(13)12-9-4-3-8(5-9)11(7)12/h2-4,7-9,11-12H,1,5-6H2/t7-,8?,9?,11-,12-/m0/s1. The molecule has 5 atom stereocenters. The van der Waals surface area contributed by atoms with Crippen LogP contribution < -0.4 is 0 Å². The molecule has 0 aromatic rings. The summed E-state index contributed by atoms with van der Waals surface area (Å²) < 4.78 is 0. The lowest BCUT2D eigenvalue weighted by atomic mass is 9.81. The maximum Gasteiger partial charge on any atom is 0.137 e. The van der Waals surface area contributed by atoms with E-state index in [0.29, 0.717) is 35.4 Å². The Balaban J connectivity index is 2.01. The number of carbonyl (C=O) groups excluding carboxylic acids is 1. The van der Waals surface area contributed by atoms with Gasteiger partial charge >= 0.3 is 0 Å². The zero-order valence-corrected chi connectivity index (χ0v) is 7.65. The van der Waals surface area contributed by atoms with E-state index in [4.69, 9.17) is 0 Å². The smallest absolute Gasteiger partial charge is 0.137 e. The average Bonchev–Trinajstić information content (AvgIpc) is 2.76. The Hall–Kier alpha value is -0.850. The molecule has 0 heterocycles. The molecule has 1 nitrogen and oxygen atoms in total. The Morgan fingerprint density at radius 3 is 2.92 bits per heavy atom. The molecule has 0 radical (unpaired) electrons. The molecule has 0 spiro atoms. The normalized spacial score (nSPS) is 51.4. The van der Waals surface area contributed by atoms with Gasteiger partial charge in [0.25, 0.3) is 0 Å². The lowest BCUT2D eigenvalue weighted by Crippen LogP contribution is -2.21. The van der Waals surface area contributed by atoms with Crippen LogP contribution >= 0.6 is 0 Å². The van der Waals surface area contributed by atoms with Crippen molar-refractivity contribution in [1.82, 2.24) is 0 Å². The largest absolute Gasteiger partial charge is 0.299 e. The molecule has 0 saturated heterocycles. The third kappa shape index (κ3) is 0.800. The van der Waals surface area contributed by atoms with Gasteiger partial charge in [-0.15, -0.1) is 6.58 Å². The molecule has 0 aliphatic heterocycles.